The topological polar surface area (TPSA) is 32.3 Å². The van der Waals surface area contributed by atoms with E-state index >= 15 is 0 Å². The number of amides is 1. The van der Waals surface area contributed by atoms with Crippen LogP contribution < -0.4 is 5.32 Å². The van der Waals surface area contributed by atoms with E-state index in [0.717, 1.165) is 31.1 Å². The highest BCUT2D eigenvalue weighted by molar-refractivity contribution is 8.00. The second-order valence-electron chi connectivity index (χ2n) is 4.39. The number of benzene rings is 1. The van der Waals surface area contributed by atoms with Crippen LogP contribution in [0, 0.1) is 0 Å². The van der Waals surface area contributed by atoms with E-state index in [0.29, 0.717) is 0 Å². The first-order valence-corrected chi connectivity index (χ1v) is 7.77. The van der Waals surface area contributed by atoms with Crippen molar-refractivity contribution in [3.63, 3.8) is 0 Å². The molecule has 0 fully saturated rings. The van der Waals surface area contributed by atoms with Gasteiger partial charge in [0.25, 0.3) is 0 Å². The van der Waals surface area contributed by atoms with Crippen molar-refractivity contribution in [2.45, 2.75) is 30.9 Å². The molecule has 0 aliphatic heterocycles. The van der Waals surface area contributed by atoms with Crippen molar-refractivity contribution >= 4 is 17.7 Å². The number of rotatable bonds is 8. The molecule has 1 unspecified atom stereocenters. The molecule has 0 saturated heterocycles. The molecule has 1 atom stereocenters. The van der Waals surface area contributed by atoms with Gasteiger partial charge in [-0.25, -0.2) is 0 Å². The van der Waals surface area contributed by atoms with E-state index in [1.165, 1.54) is 0 Å². The fourth-order valence-electron chi connectivity index (χ4n) is 1.78. The Morgan fingerprint density at radius 3 is 2.47 bits per heavy atom. The lowest BCUT2D eigenvalue weighted by atomic mass is 10.4. The first kappa shape index (κ1) is 16.1. The molecular formula is C15H24N2OS. The third-order valence-electron chi connectivity index (χ3n) is 3.05. The Labute approximate surface area is 120 Å². The summed E-state index contributed by atoms with van der Waals surface area (Å²) in [6, 6.07) is 10.0. The van der Waals surface area contributed by atoms with Crippen molar-refractivity contribution in [3.8, 4) is 0 Å². The first-order chi connectivity index (χ1) is 9.17. The molecule has 1 amide bonds. The number of nitrogens with one attached hydrogen (secondary N) is 1. The van der Waals surface area contributed by atoms with Gasteiger partial charge >= 0.3 is 0 Å². The summed E-state index contributed by atoms with van der Waals surface area (Å²) in [5.74, 6) is 0.112. The third-order valence-corrected chi connectivity index (χ3v) is 4.16. The zero-order valence-electron chi connectivity index (χ0n) is 12.1. The molecule has 0 heterocycles. The monoisotopic (exact) mass is 280 g/mol. The van der Waals surface area contributed by atoms with Gasteiger partial charge in [0.1, 0.15) is 0 Å². The van der Waals surface area contributed by atoms with Crippen LogP contribution in [0.5, 0.6) is 0 Å². The van der Waals surface area contributed by atoms with Crippen LogP contribution in [0.1, 0.15) is 20.8 Å². The van der Waals surface area contributed by atoms with E-state index in [4.69, 9.17) is 0 Å². The van der Waals surface area contributed by atoms with Gasteiger partial charge in [-0.3, -0.25) is 4.79 Å². The summed E-state index contributed by atoms with van der Waals surface area (Å²) in [5, 5.41) is 2.94. The quantitative estimate of drug-likeness (QED) is 0.743. The molecule has 0 saturated carbocycles. The number of hydrogen-bond donors (Lipinski definition) is 1. The van der Waals surface area contributed by atoms with Crippen LogP contribution in [-0.4, -0.2) is 42.2 Å². The molecule has 0 aliphatic carbocycles. The number of nitrogens with zero attached hydrogens (tertiary/aromatic N) is 1. The molecule has 0 aromatic heterocycles. The third kappa shape index (κ3) is 6.12. The molecule has 19 heavy (non-hydrogen) atoms. The molecule has 1 rings (SSSR count). The molecule has 0 aliphatic rings. The van der Waals surface area contributed by atoms with E-state index in [9.17, 15) is 4.79 Å². The molecule has 1 aromatic carbocycles. The predicted octanol–water partition coefficient (Wildman–Crippen LogP) is 2.63. The van der Waals surface area contributed by atoms with Crippen LogP contribution in [-0.2, 0) is 4.79 Å². The number of thioether (sulfide) groups is 1. The summed E-state index contributed by atoms with van der Waals surface area (Å²) in [5.41, 5.74) is 0. The fourth-order valence-corrected chi connectivity index (χ4v) is 2.69. The van der Waals surface area contributed by atoms with Crippen molar-refractivity contribution in [2.75, 3.05) is 26.2 Å². The van der Waals surface area contributed by atoms with E-state index in [1.54, 1.807) is 11.8 Å². The number of hydrogen-bond acceptors (Lipinski definition) is 3. The zero-order valence-corrected chi connectivity index (χ0v) is 12.9. The molecule has 1 aromatic rings. The summed E-state index contributed by atoms with van der Waals surface area (Å²) < 4.78 is 0. The van der Waals surface area contributed by atoms with Gasteiger partial charge < -0.3 is 10.2 Å². The van der Waals surface area contributed by atoms with Crippen molar-refractivity contribution < 1.29 is 4.79 Å². The zero-order chi connectivity index (χ0) is 14.1. The summed E-state index contributed by atoms with van der Waals surface area (Å²) in [7, 11) is 0. The largest absolute Gasteiger partial charge is 0.354 e. The minimum Gasteiger partial charge on any atom is -0.354 e. The molecule has 106 valence electrons. The molecule has 4 heteroatoms. The highest BCUT2D eigenvalue weighted by Gasteiger charge is 2.13. The van der Waals surface area contributed by atoms with Gasteiger partial charge in [-0.2, -0.15) is 0 Å². The summed E-state index contributed by atoms with van der Waals surface area (Å²) in [4.78, 5) is 15.4. The maximum atomic E-state index is 12.0. The van der Waals surface area contributed by atoms with E-state index in [2.05, 4.69) is 24.1 Å². The van der Waals surface area contributed by atoms with Crippen LogP contribution >= 0.6 is 11.8 Å². The van der Waals surface area contributed by atoms with Gasteiger partial charge in [-0.05, 0) is 32.1 Å². The second kappa shape index (κ2) is 8.99. The normalized spacial score (nSPS) is 12.4. The minimum atomic E-state index is -0.0564. The van der Waals surface area contributed by atoms with Crippen LogP contribution in [0.15, 0.2) is 35.2 Å². The van der Waals surface area contributed by atoms with Crippen LogP contribution in [0.25, 0.3) is 0 Å². The number of carbonyl (C=O) groups excluding carboxylic acids is 1. The number of likely N-dealkylation sites (N-methyl/N-ethyl adjacent to an activating group) is 1. The lowest BCUT2D eigenvalue weighted by Crippen LogP contribution is -2.37. The molecule has 1 N–H and O–H groups in total. The Bertz CT molecular complexity index is 366. The minimum absolute atomic E-state index is 0.0564. The molecule has 0 bridgehead atoms. The van der Waals surface area contributed by atoms with Gasteiger partial charge in [0.15, 0.2) is 0 Å². The van der Waals surface area contributed by atoms with Crippen molar-refractivity contribution in [2.24, 2.45) is 0 Å². The maximum absolute atomic E-state index is 12.0. The van der Waals surface area contributed by atoms with Crippen LogP contribution in [0.4, 0.5) is 0 Å². The van der Waals surface area contributed by atoms with Crippen molar-refractivity contribution in [1.82, 2.24) is 10.2 Å². The molecule has 0 radical (unpaired) electrons. The van der Waals surface area contributed by atoms with E-state index in [-0.39, 0.29) is 11.2 Å². The summed E-state index contributed by atoms with van der Waals surface area (Å²) in [6.45, 7) is 9.92. The van der Waals surface area contributed by atoms with Crippen LogP contribution in [0.2, 0.25) is 0 Å². The van der Waals surface area contributed by atoms with Crippen molar-refractivity contribution in [1.29, 1.82) is 0 Å². The van der Waals surface area contributed by atoms with E-state index in [1.807, 2.05) is 37.3 Å². The average molecular weight is 280 g/mol. The standard InChI is InChI=1S/C15H24N2OS/c1-4-17(5-2)12-11-16-15(18)13(3)19-14-9-7-6-8-10-14/h6-10,13H,4-5,11-12H2,1-3H3,(H,16,18). The highest BCUT2D eigenvalue weighted by Crippen LogP contribution is 2.22. The average Bonchev–Trinajstić information content (AvgIpc) is 2.44. The second-order valence-corrected chi connectivity index (χ2v) is 5.81. The number of carbonyl (C=O) groups is 1. The lowest BCUT2D eigenvalue weighted by Gasteiger charge is -2.19. The van der Waals surface area contributed by atoms with Gasteiger partial charge in [0.05, 0.1) is 5.25 Å². The highest BCUT2D eigenvalue weighted by atomic mass is 32.2. The Hall–Kier alpha value is -1.00. The molecule has 0 spiro atoms. The Balaban J connectivity index is 2.29. The Morgan fingerprint density at radius 2 is 1.89 bits per heavy atom. The van der Waals surface area contributed by atoms with Gasteiger partial charge in [0, 0.05) is 18.0 Å². The molecule has 3 nitrogen and oxygen atoms in total. The van der Waals surface area contributed by atoms with Gasteiger partial charge in [-0.15, -0.1) is 11.8 Å². The van der Waals surface area contributed by atoms with Gasteiger partial charge in [-0.1, -0.05) is 32.0 Å². The van der Waals surface area contributed by atoms with Gasteiger partial charge in [0.2, 0.25) is 5.91 Å². The predicted molar refractivity (Wildman–Crippen MR) is 82.6 cm³/mol. The van der Waals surface area contributed by atoms with Crippen molar-refractivity contribution in [3.05, 3.63) is 30.3 Å². The summed E-state index contributed by atoms with van der Waals surface area (Å²) >= 11 is 1.60. The summed E-state index contributed by atoms with van der Waals surface area (Å²) in [6.07, 6.45) is 0. The SMILES string of the molecule is CCN(CC)CCNC(=O)C(C)Sc1ccccc1. The Morgan fingerprint density at radius 1 is 1.26 bits per heavy atom. The van der Waals surface area contributed by atoms with E-state index < -0.39 is 0 Å². The maximum Gasteiger partial charge on any atom is 0.233 e. The molecular weight excluding hydrogens is 256 g/mol. The fraction of sp³-hybridized carbons (Fsp3) is 0.533. The first-order valence-electron chi connectivity index (χ1n) is 6.89. The smallest absolute Gasteiger partial charge is 0.233 e. The Kier molecular flexibility index (Phi) is 7.60. The van der Waals surface area contributed by atoms with Crippen LogP contribution in [0.3, 0.4) is 0 Å². The lowest BCUT2D eigenvalue weighted by molar-refractivity contribution is -0.120.